The summed E-state index contributed by atoms with van der Waals surface area (Å²) in [5.74, 6) is 1.05. The molecule has 192 valence electrons. The molecular weight excluding hydrogens is 478 g/mol. The molecule has 1 saturated carbocycles. The maximum atomic E-state index is 12.6. The van der Waals surface area contributed by atoms with Gasteiger partial charge in [-0.15, -0.1) is 0 Å². The maximum absolute atomic E-state index is 12.6. The van der Waals surface area contributed by atoms with Crippen molar-refractivity contribution >= 4 is 27.4 Å². The van der Waals surface area contributed by atoms with Crippen LogP contribution in [-0.4, -0.2) is 69.9 Å². The number of hydrogen-bond donors (Lipinski definition) is 1. The number of pyridine rings is 1. The Kier molecular flexibility index (Phi) is 7.52. The number of methoxy groups -OCH3 is 1. The molecule has 2 fully saturated rings. The van der Waals surface area contributed by atoms with Crippen LogP contribution < -0.4 is 9.62 Å². The van der Waals surface area contributed by atoms with Crippen molar-refractivity contribution in [3.8, 4) is 17.2 Å². The van der Waals surface area contributed by atoms with E-state index in [1.54, 1.807) is 25.3 Å². The zero-order valence-electron chi connectivity index (χ0n) is 21.2. The van der Waals surface area contributed by atoms with Crippen LogP contribution in [0.1, 0.15) is 48.9 Å². The number of nitriles is 1. The van der Waals surface area contributed by atoms with Crippen molar-refractivity contribution in [2.45, 2.75) is 45.1 Å². The molecule has 2 aliphatic rings. The number of nitrogens with one attached hydrogen (secondary N) is 1. The number of sulfonamides is 1. The Morgan fingerprint density at radius 3 is 2.67 bits per heavy atom. The first-order chi connectivity index (χ1) is 17.1. The SMILES string of the molecule is COCCC(=O)N1CCN(c2nc(C3CC3)c(-c3cccc(NS(C)(=O)=O)c3)c(C)c2C#N)CC1C. The predicted octanol–water partition coefficient (Wildman–Crippen LogP) is 3.25. The average Bonchev–Trinajstić information content (AvgIpc) is 3.66. The number of rotatable bonds is 8. The third-order valence-corrected chi connectivity index (χ3v) is 7.36. The first kappa shape index (κ1) is 25.9. The number of aromatic nitrogens is 1. The van der Waals surface area contributed by atoms with Crippen molar-refractivity contribution in [1.82, 2.24) is 9.88 Å². The summed E-state index contributed by atoms with van der Waals surface area (Å²) in [5, 5.41) is 10.2. The van der Waals surface area contributed by atoms with Gasteiger partial charge in [-0.2, -0.15) is 5.26 Å². The zero-order valence-corrected chi connectivity index (χ0v) is 22.1. The van der Waals surface area contributed by atoms with E-state index in [1.807, 2.05) is 24.8 Å². The molecule has 10 heteroatoms. The van der Waals surface area contributed by atoms with Crippen LogP contribution >= 0.6 is 0 Å². The fourth-order valence-electron chi connectivity index (χ4n) is 4.90. The highest BCUT2D eigenvalue weighted by atomic mass is 32.2. The lowest BCUT2D eigenvalue weighted by Gasteiger charge is -2.41. The number of anilines is 2. The minimum atomic E-state index is -3.42. The van der Waals surface area contributed by atoms with Gasteiger partial charge in [0.15, 0.2) is 0 Å². The number of ether oxygens (including phenoxy) is 1. The normalized spacial score (nSPS) is 18.1. The topological polar surface area (TPSA) is 116 Å². The fraction of sp³-hybridized carbons (Fsp3) is 0.500. The average molecular weight is 512 g/mol. The molecule has 1 saturated heterocycles. The summed E-state index contributed by atoms with van der Waals surface area (Å²) in [6.45, 7) is 6.12. The van der Waals surface area contributed by atoms with Crippen LogP contribution in [0.2, 0.25) is 0 Å². The highest BCUT2D eigenvalue weighted by molar-refractivity contribution is 7.92. The van der Waals surface area contributed by atoms with E-state index in [0.29, 0.717) is 55.6 Å². The van der Waals surface area contributed by atoms with E-state index in [1.165, 1.54) is 0 Å². The lowest BCUT2D eigenvalue weighted by Crippen LogP contribution is -2.54. The molecule has 1 amide bonds. The third-order valence-electron chi connectivity index (χ3n) is 6.75. The Hall–Kier alpha value is -3.16. The van der Waals surface area contributed by atoms with E-state index in [2.05, 4.69) is 15.7 Å². The second-order valence-corrected chi connectivity index (χ2v) is 11.4. The lowest BCUT2D eigenvalue weighted by atomic mass is 9.93. The Morgan fingerprint density at radius 1 is 1.31 bits per heavy atom. The highest BCUT2D eigenvalue weighted by Gasteiger charge is 2.34. The van der Waals surface area contributed by atoms with E-state index < -0.39 is 10.0 Å². The molecule has 4 rings (SSSR count). The highest BCUT2D eigenvalue weighted by Crippen LogP contribution is 2.46. The van der Waals surface area contributed by atoms with Gasteiger partial charge in [-0.25, -0.2) is 13.4 Å². The quantitative estimate of drug-likeness (QED) is 0.578. The van der Waals surface area contributed by atoms with E-state index >= 15 is 0 Å². The van der Waals surface area contributed by atoms with Crippen molar-refractivity contribution in [2.24, 2.45) is 0 Å². The molecule has 9 nitrogen and oxygen atoms in total. The van der Waals surface area contributed by atoms with E-state index in [9.17, 15) is 18.5 Å². The van der Waals surface area contributed by atoms with Crippen molar-refractivity contribution in [3.63, 3.8) is 0 Å². The van der Waals surface area contributed by atoms with Gasteiger partial charge >= 0.3 is 0 Å². The molecule has 1 N–H and O–H groups in total. The molecule has 1 atom stereocenters. The third kappa shape index (κ3) is 5.63. The van der Waals surface area contributed by atoms with Crippen LogP contribution in [0.15, 0.2) is 24.3 Å². The molecule has 1 aromatic heterocycles. The standard InChI is InChI=1S/C26H33N5O4S/c1-17-16-30(11-12-31(17)23(32)10-13-35-3)26-22(15-27)18(2)24(25(28-26)19-8-9-19)20-6-5-7-21(14-20)29-36(4,33)34/h5-7,14,17,19,29H,8-13,16H2,1-4H3. The minimum Gasteiger partial charge on any atom is -0.384 e. The van der Waals surface area contributed by atoms with E-state index in [4.69, 9.17) is 9.72 Å². The van der Waals surface area contributed by atoms with Gasteiger partial charge in [0.2, 0.25) is 15.9 Å². The number of benzene rings is 1. The van der Waals surface area contributed by atoms with Crippen LogP contribution in [0.4, 0.5) is 11.5 Å². The zero-order chi connectivity index (χ0) is 26.0. The van der Waals surface area contributed by atoms with Crippen LogP contribution in [0, 0.1) is 18.3 Å². The number of piperazine rings is 1. The Labute approximate surface area is 213 Å². The molecule has 2 aromatic rings. The maximum Gasteiger partial charge on any atom is 0.229 e. The number of hydrogen-bond acceptors (Lipinski definition) is 7. The first-order valence-corrected chi connectivity index (χ1v) is 14.1. The van der Waals surface area contributed by atoms with Gasteiger partial charge in [0, 0.05) is 50.0 Å². The van der Waals surface area contributed by atoms with E-state index in [-0.39, 0.29) is 11.9 Å². The van der Waals surface area contributed by atoms with Crippen molar-refractivity contribution in [2.75, 3.05) is 49.2 Å². The largest absolute Gasteiger partial charge is 0.384 e. The van der Waals surface area contributed by atoms with E-state index in [0.717, 1.165) is 41.5 Å². The summed E-state index contributed by atoms with van der Waals surface area (Å²) in [6.07, 6.45) is 3.54. The summed E-state index contributed by atoms with van der Waals surface area (Å²) in [6, 6.07) is 9.60. The smallest absolute Gasteiger partial charge is 0.229 e. The first-order valence-electron chi connectivity index (χ1n) is 12.2. The number of carbonyl (C=O) groups excluding carboxylic acids is 1. The van der Waals surface area contributed by atoms with Crippen LogP contribution in [0.5, 0.6) is 0 Å². The summed E-state index contributed by atoms with van der Waals surface area (Å²) in [5.41, 5.74) is 4.51. The van der Waals surface area contributed by atoms with Crippen molar-refractivity contribution in [3.05, 3.63) is 41.1 Å². The number of amides is 1. The van der Waals surface area contributed by atoms with Gasteiger partial charge in [0.25, 0.3) is 0 Å². The van der Waals surface area contributed by atoms with Crippen LogP contribution in [0.3, 0.4) is 0 Å². The molecule has 0 spiro atoms. The Bertz CT molecular complexity index is 1300. The van der Waals surface area contributed by atoms with Gasteiger partial charge in [-0.1, -0.05) is 12.1 Å². The molecular formula is C26H33N5O4S. The molecule has 0 bridgehead atoms. The molecule has 1 unspecified atom stereocenters. The molecule has 1 aliphatic heterocycles. The van der Waals surface area contributed by atoms with Gasteiger partial charge < -0.3 is 14.5 Å². The second kappa shape index (κ2) is 10.4. The summed E-state index contributed by atoms with van der Waals surface area (Å²) in [4.78, 5) is 21.6. The monoisotopic (exact) mass is 511 g/mol. The Balaban J connectivity index is 1.70. The summed E-state index contributed by atoms with van der Waals surface area (Å²) < 4.78 is 31.1. The predicted molar refractivity (Wildman–Crippen MR) is 139 cm³/mol. The van der Waals surface area contributed by atoms with Crippen molar-refractivity contribution in [1.29, 1.82) is 5.26 Å². The van der Waals surface area contributed by atoms with Crippen LogP contribution in [-0.2, 0) is 19.6 Å². The van der Waals surface area contributed by atoms with Crippen LogP contribution in [0.25, 0.3) is 11.1 Å². The molecule has 36 heavy (non-hydrogen) atoms. The molecule has 1 aliphatic carbocycles. The summed E-state index contributed by atoms with van der Waals surface area (Å²) >= 11 is 0. The van der Waals surface area contributed by atoms with Gasteiger partial charge in [0.1, 0.15) is 11.9 Å². The number of nitrogens with zero attached hydrogens (tertiary/aromatic N) is 4. The summed E-state index contributed by atoms with van der Waals surface area (Å²) in [7, 11) is -1.83. The van der Waals surface area contributed by atoms with Gasteiger partial charge in [-0.3, -0.25) is 9.52 Å². The van der Waals surface area contributed by atoms with Gasteiger partial charge in [-0.05, 0) is 49.9 Å². The van der Waals surface area contributed by atoms with Gasteiger partial charge in [0.05, 0.1) is 30.5 Å². The number of carbonyl (C=O) groups is 1. The molecule has 1 aromatic carbocycles. The molecule has 0 radical (unpaired) electrons. The van der Waals surface area contributed by atoms with Crippen molar-refractivity contribution < 1.29 is 17.9 Å². The Morgan fingerprint density at radius 2 is 2.06 bits per heavy atom. The molecule has 2 heterocycles. The second-order valence-electron chi connectivity index (χ2n) is 9.66. The fourth-order valence-corrected chi connectivity index (χ4v) is 5.45. The minimum absolute atomic E-state index is 0.0143. The lowest BCUT2D eigenvalue weighted by molar-refractivity contribution is -0.134.